The highest BCUT2D eigenvalue weighted by Gasteiger charge is 2.34. The minimum atomic E-state index is -3.69. The average molecular weight is 391 g/mol. The maximum Gasteiger partial charge on any atom is 0.262 e. The van der Waals surface area contributed by atoms with Gasteiger partial charge in [-0.15, -0.1) is 0 Å². The molecule has 3 rings (SSSR count). The summed E-state index contributed by atoms with van der Waals surface area (Å²) in [5.41, 5.74) is 1.02. The first kappa shape index (κ1) is 19.6. The summed E-state index contributed by atoms with van der Waals surface area (Å²) in [4.78, 5) is 16.6. The molecule has 1 atom stereocenters. The van der Waals surface area contributed by atoms with Gasteiger partial charge in [-0.2, -0.15) is 4.31 Å². The topological polar surface area (TPSA) is 84.3 Å². The van der Waals surface area contributed by atoms with E-state index in [2.05, 4.69) is 10.3 Å². The van der Waals surface area contributed by atoms with Crippen molar-refractivity contribution < 1.29 is 13.2 Å². The first-order valence-corrected chi connectivity index (χ1v) is 10.7. The molecule has 0 radical (unpaired) electrons. The fourth-order valence-electron chi connectivity index (χ4n) is 3.17. The summed E-state index contributed by atoms with van der Waals surface area (Å²) in [5.74, 6) is -0.448. The van der Waals surface area contributed by atoms with E-state index in [1.165, 1.54) is 10.6 Å². The number of imidazole rings is 1. The molecule has 0 aliphatic carbocycles. The van der Waals surface area contributed by atoms with Gasteiger partial charge in [-0.3, -0.25) is 4.79 Å². The molecule has 8 heteroatoms. The maximum absolute atomic E-state index is 12.9. The molecule has 1 N–H and O–H groups in total. The summed E-state index contributed by atoms with van der Waals surface area (Å²) in [6.45, 7) is 4.98. The Hall–Kier alpha value is -2.19. The van der Waals surface area contributed by atoms with Crippen molar-refractivity contribution in [1.82, 2.24) is 19.2 Å². The summed E-state index contributed by atoms with van der Waals surface area (Å²) in [6.07, 6.45) is 4.44. The number of carbonyl (C=O) groups excluding carboxylic acids is 1. The summed E-state index contributed by atoms with van der Waals surface area (Å²) in [6, 6.07) is 9.81. The quantitative estimate of drug-likeness (QED) is 0.819. The van der Waals surface area contributed by atoms with E-state index in [9.17, 15) is 13.2 Å². The van der Waals surface area contributed by atoms with Gasteiger partial charge in [-0.05, 0) is 32.3 Å². The molecule has 1 aliphatic heterocycles. The molecule has 146 valence electrons. The lowest BCUT2D eigenvalue weighted by molar-refractivity contribution is -0.126. The van der Waals surface area contributed by atoms with Crippen LogP contribution in [0.15, 0.2) is 47.9 Å². The Balaban J connectivity index is 1.64. The summed E-state index contributed by atoms with van der Waals surface area (Å²) < 4.78 is 28.9. The van der Waals surface area contributed by atoms with E-state index in [0.717, 1.165) is 5.56 Å². The van der Waals surface area contributed by atoms with Gasteiger partial charge in [0.2, 0.25) is 5.91 Å². The van der Waals surface area contributed by atoms with Gasteiger partial charge in [0.05, 0.1) is 12.2 Å². The second-order valence-electron chi connectivity index (χ2n) is 7.16. The third-order valence-electron chi connectivity index (χ3n) is 4.84. The number of carbonyl (C=O) groups is 1. The number of rotatable bonds is 6. The largest absolute Gasteiger partial charge is 0.352 e. The Labute approximate surface area is 160 Å². The highest BCUT2D eigenvalue weighted by molar-refractivity contribution is 7.89. The van der Waals surface area contributed by atoms with Crippen LogP contribution in [0.25, 0.3) is 0 Å². The minimum absolute atomic E-state index is 0.0431. The predicted molar refractivity (Wildman–Crippen MR) is 102 cm³/mol. The van der Waals surface area contributed by atoms with Gasteiger partial charge < -0.3 is 9.88 Å². The molecule has 1 saturated heterocycles. The Morgan fingerprint density at radius 3 is 2.70 bits per heavy atom. The zero-order valence-electron chi connectivity index (χ0n) is 15.7. The van der Waals surface area contributed by atoms with Crippen LogP contribution < -0.4 is 5.32 Å². The zero-order valence-corrected chi connectivity index (χ0v) is 16.5. The molecular formula is C19H26N4O3S. The van der Waals surface area contributed by atoms with Crippen molar-refractivity contribution in [2.24, 2.45) is 5.92 Å². The van der Waals surface area contributed by atoms with E-state index in [-0.39, 0.29) is 29.4 Å². The standard InChI is InChI=1S/C19H26N4O3S/c1-15(2)22-13-18(21-14-22)27(25,26)23-10-6-9-17(12-23)19(24)20-11-16-7-4-3-5-8-16/h3-5,7-8,13-15,17H,6,9-12H2,1-2H3,(H,20,24)/t17-/m0/s1. The van der Waals surface area contributed by atoms with Gasteiger partial charge in [-0.1, -0.05) is 30.3 Å². The van der Waals surface area contributed by atoms with Crippen LogP contribution in [0.5, 0.6) is 0 Å². The number of nitrogens with zero attached hydrogens (tertiary/aromatic N) is 3. The smallest absolute Gasteiger partial charge is 0.262 e. The van der Waals surface area contributed by atoms with Gasteiger partial charge >= 0.3 is 0 Å². The molecule has 0 bridgehead atoms. The number of benzene rings is 1. The normalized spacial score (nSPS) is 18.6. The lowest BCUT2D eigenvalue weighted by atomic mass is 9.99. The van der Waals surface area contributed by atoms with Crippen molar-refractivity contribution in [3.63, 3.8) is 0 Å². The molecule has 1 aromatic heterocycles. The maximum atomic E-state index is 12.9. The number of piperidine rings is 1. The molecule has 0 spiro atoms. The lowest BCUT2D eigenvalue weighted by Crippen LogP contribution is -2.45. The van der Waals surface area contributed by atoms with Gasteiger partial charge in [0.15, 0.2) is 5.03 Å². The van der Waals surface area contributed by atoms with Crippen LogP contribution >= 0.6 is 0 Å². The van der Waals surface area contributed by atoms with Gasteiger partial charge in [0, 0.05) is 31.9 Å². The number of sulfonamides is 1. The third kappa shape index (κ3) is 4.56. The van der Waals surface area contributed by atoms with Crippen molar-refractivity contribution in [1.29, 1.82) is 0 Å². The number of hydrogen-bond donors (Lipinski definition) is 1. The SMILES string of the molecule is CC(C)n1cnc(S(=O)(=O)N2CCC[C@H](C(=O)NCc3ccccc3)C2)c1. The zero-order chi connectivity index (χ0) is 19.4. The van der Waals surface area contributed by atoms with E-state index in [4.69, 9.17) is 0 Å². The van der Waals surface area contributed by atoms with Crippen molar-refractivity contribution >= 4 is 15.9 Å². The van der Waals surface area contributed by atoms with Crippen molar-refractivity contribution in [3.05, 3.63) is 48.4 Å². The fraction of sp³-hybridized carbons (Fsp3) is 0.474. The fourth-order valence-corrected chi connectivity index (χ4v) is 4.62. The first-order valence-electron chi connectivity index (χ1n) is 9.23. The number of nitrogens with one attached hydrogen (secondary N) is 1. The average Bonchev–Trinajstić information content (AvgIpc) is 3.18. The molecule has 1 fully saturated rings. The Kier molecular flexibility index (Phi) is 5.96. The summed E-state index contributed by atoms with van der Waals surface area (Å²) in [5, 5.41) is 2.96. The summed E-state index contributed by atoms with van der Waals surface area (Å²) >= 11 is 0. The molecule has 2 aromatic rings. The van der Waals surface area contributed by atoms with Crippen molar-refractivity contribution in [3.8, 4) is 0 Å². The third-order valence-corrected chi connectivity index (χ3v) is 6.59. The van der Waals surface area contributed by atoms with Crippen LogP contribution in [-0.2, 0) is 21.4 Å². The van der Waals surface area contributed by atoms with Crippen molar-refractivity contribution in [2.45, 2.75) is 44.3 Å². The molecule has 0 unspecified atom stereocenters. The molecule has 27 heavy (non-hydrogen) atoms. The molecule has 1 aromatic carbocycles. The van der Waals surface area contributed by atoms with E-state index in [1.54, 1.807) is 10.8 Å². The molecule has 0 saturated carbocycles. The van der Waals surface area contributed by atoms with Gasteiger partial charge in [0.1, 0.15) is 0 Å². The monoisotopic (exact) mass is 390 g/mol. The van der Waals surface area contributed by atoms with Crippen molar-refractivity contribution in [2.75, 3.05) is 13.1 Å². The van der Waals surface area contributed by atoms with Crippen LogP contribution in [0.4, 0.5) is 0 Å². The minimum Gasteiger partial charge on any atom is -0.352 e. The predicted octanol–water partition coefficient (Wildman–Crippen LogP) is 2.18. The van der Waals surface area contributed by atoms with E-state index >= 15 is 0 Å². The van der Waals surface area contributed by atoms with Crippen LogP contribution in [0, 0.1) is 5.92 Å². The van der Waals surface area contributed by atoms with E-state index in [0.29, 0.717) is 25.9 Å². The van der Waals surface area contributed by atoms with Crippen LogP contribution in [0.3, 0.4) is 0 Å². The molecule has 2 heterocycles. The molecule has 1 amide bonds. The van der Waals surface area contributed by atoms with E-state index in [1.807, 2.05) is 44.2 Å². The van der Waals surface area contributed by atoms with Gasteiger partial charge in [0.25, 0.3) is 10.0 Å². The number of aromatic nitrogens is 2. The molecular weight excluding hydrogens is 364 g/mol. The second kappa shape index (κ2) is 8.22. The number of amides is 1. The molecule has 7 nitrogen and oxygen atoms in total. The lowest BCUT2D eigenvalue weighted by Gasteiger charge is -2.30. The van der Waals surface area contributed by atoms with E-state index < -0.39 is 10.0 Å². The summed E-state index contributed by atoms with van der Waals surface area (Å²) in [7, 11) is -3.69. The Morgan fingerprint density at radius 1 is 1.30 bits per heavy atom. The Bertz CT molecular complexity index is 877. The first-order chi connectivity index (χ1) is 12.9. The van der Waals surface area contributed by atoms with Crippen LogP contribution in [0.1, 0.15) is 38.3 Å². The van der Waals surface area contributed by atoms with Crippen LogP contribution in [-0.4, -0.2) is 41.3 Å². The Morgan fingerprint density at radius 2 is 2.04 bits per heavy atom. The number of hydrogen-bond acceptors (Lipinski definition) is 4. The molecule has 1 aliphatic rings. The second-order valence-corrected chi connectivity index (χ2v) is 9.04. The highest BCUT2D eigenvalue weighted by atomic mass is 32.2. The van der Waals surface area contributed by atoms with Gasteiger partial charge in [-0.25, -0.2) is 13.4 Å². The van der Waals surface area contributed by atoms with Crippen LogP contribution in [0.2, 0.25) is 0 Å². The highest BCUT2D eigenvalue weighted by Crippen LogP contribution is 2.23.